The van der Waals surface area contributed by atoms with Gasteiger partial charge in [0, 0.05) is 24.6 Å². The summed E-state index contributed by atoms with van der Waals surface area (Å²) in [6.07, 6.45) is 3.65. The van der Waals surface area contributed by atoms with Crippen LogP contribution in [0.2, 0.25) is 0 Å². The Hall–Kier alpha value is -2.38. The number of carbonyl (C=O) groups excluding carboxylic acids is 2. The average Bonchev–Trinajstić information content (AvgIpc) is 2.91. The minimum absolute atomic E-state index is 0.0555. The van der Waals surface area contributed by atoms with Crippen LogP contribution in [0.4, 0.5) is 5.69 Å². The van der Waals surface area contributed by atoms with Crippen molar-refractivity contribution in [1.29, 1.82) is 0 Å². The number of aromatic nitrogens is 2. The molecule has 0 aliphatic rings. The molecular formula is C16H26N4O4. The predicted molar refractivity (Wildman–Crippen MR) is 89.5 cm³/mol. The Morgan fingerprint density at radius 3 is 2.38 bits per heavy atom. The highest BCUT2D eigenvalue weighted by Crippen LogP contribution is 2.17. The third-order valence-electron chi connectivity index (χ3n) is 3.51. The molecule has 2 amide bonds. The van der Waals surface area contributed by atoms with Gasteiger partial charge in [0.1, 0.15) is 0 Å². The van der Waals surface area contributed by atoms with Crippen LogP contribution < -0.4 is 10.6 Å². The first-order chi connectivity index (χ1) is 10.9. The molecule has 0 unspecified atom stereocenters. The lowest BCUT2D eigenvalue weighted by Crippen LogP contribution is -2.36. The lowest BCUT2D eigenvalue weighted by Gasteiger charge is -2.19. The monoisotopic (exact) mass is 338 g/mol. The van der Waals surface area contributed by atoms with Gasteiger partial charge in [0.25, 0.3) is 0 Å². The molecule has 0 aliphatic heterocycles. The smallest absolute Gasteiger partial charge is 0.331 e. The van der Waals surface area contributed by atoms with E-state index < -0.39 is 16.9 Å². The molecule has 0 bridgehead atoms. The number of carboxylic acids is 1. The Morgan fingerprint density at radius 2 is 1.83 bits per heavy atom. The molecule has 8 heteroatoms. The second-order valence-corrected chi connectivity index (χ2v) is 7.20. The molecule has 0 aromatic carbocycles. The van der Waals surface area contributed by atoms with E-state index in [0.29, 0.717) is 18.7 Å². The Kier molecular flexibility index (Phi) is 6.11. The topological polar surface area (TPSA) is 113 Å². The molecule has 0 spiro atoms. The quantitative estimate of drug-likeness (QED) is 0.653. The number of carboxylic acid groups (broad SMARTS) is 1. The van der Waals surface area contributed by atoms with Crippen LogP contribution in [0.25, 0.3) is 0 Å². The van der Waals surface area contributed by atoms with E-state index in [1.807, 2.05) is 20.8 Å². The molecule has 0 saturated carbocycles. The maximum atomic E-state index is 11.9. The normalized spacial score (nSPS) is 11.9. The van der Waals surface area contributed by atoms with Gasteiger partial charge in [-0.25, -0.2) is 4.79 Å². The van der Waals surface area contributed by atoms with Crippen LogP contribution in [-0.4, -0.2) is 39.2 Å². The summed E-state index contributed by atoms with van der Waals surface area (Å²) >= 11 is 0. The van der Waals surface area contributed by atoms with Crippen LogP contribution in [0.3, 0.4) is 0 Å². The standard InChI is InChI=1S/C16H26N4O4/c1-15(2,3)13(22)17-8-6-7-12(21)19-11-9-18-20(10-11)16(4,5)14(23)24/h9-10H,6-8H2,1-5H3,(H,17,22)(H,19,21)(H,23,24). The van der Waals surface area contributed by atoms with Gasteiger partial charge in [0.15, 0.2) is 5.54 Å². The molecule has 0 atom stereocenters. The summed E-state index contributed by atoms with van der Waals surface area (Å²) in [6.45, 7) is 8.94. The van der Waals surface area contributed by atoms with Gasteiger partial charge in [-0.3, -0.25) is 14.3 Å². The fourth-order valence-electron chi connectivity index (χ4n) is 1.73. The second kappa shape index (κ2) is 7.46. The van der Waals surface area contributed by atoms with Crippen LogP contribution in [0.5, 0.6) is 0 Å². The maximum Gasteiger partial charge on any atom is 0.331 e. The van der Waals surface area contributed by atoms with Crippen molar-refractivity contribution in [3.05, 3.63) is 12.4 Å². The minimum atomic E-state index is -1.19. The van der Waals surface area contributed by atoms with Gasteiger partial charge in [0.05, 0.1) is 11.9 Å². The number of carbonyl (C=O) groups is 3. The molecule has 1 aromatic heterocycles. The maximum absolute atomic E-state index is 11.9. The third-order valence-corrected chi connectivity index (χ3v) is 3.51. The minimum Gasteiger partial charge on any atom is -0.479 e. The SMILES string of the molecule is CC(C)(C)C(=O)NCCCC(=O)Nc1cnn(C(C)(C)C(=O)O)c1. The Labute approximate surface area is 141 Å². The number of anilines is 1. The number of nitrogens with zero attached hydrogens (tertiary/aromatic N) is 2. The summed E-state index contributed by atoms with van der Waals surface area (Å²) < 4.78 is 1.29. The molecule has 3 N–H and O–H groups in total. The van der Waals surface area contributed by atoms with Gasteiger partial charge < -0.3 is 15.7 Å². The zero-order chi connectivity index (χ0) is 18.5. The van der Waals surface area contributed by atoms with Crippen LogP contribution in [0, 0.1) is 5.41 Å². The summed E-state index contributed by atoms with van der Waals surface area (Å²) in [6, 6.07) is 0. The summed E-state index contributed by atoms with van der Waals surface area (Å²) in [5.74, 6) is -1.29. The molecule has 1 rings (SSSR count). The van der Waals surface area contributed by atoms with Gasteiger partial charge in [-0.2, -0.15) is 5.10 Å². The number of rotatable bonds is 7. The lowest BCUT2D eigenvalue weighted by molar-refractivity contribution is -0.146. The summed E-state index contributed by atoms with van der Waals surface area (Å²) in [7, 11) is 0. The van der Waals surface area contributed by atoms with Crippen LogP contribution in [-0.2, 0) is 19.9 Å². The van der Waals surface area contributed by atoms with E-state index >= 15 is 0 Å². The third kappa shape index (κ3) is 5.36. The van der Waals surface area contributed by atoms with E-state index in [-0.39, 0.29) is 18.2 Å². The Morgan fingerprint density at radius 1 is 1.21 bits per heavy atom. The van der Waals surface area contributed by atoms with Crippen molar-refractivity contribution in [3.8, 4) is 0 Å². The van der Waals surface area contributed by atoms with E-state index in [4.69, 9.17) is 5.11 Å². The molecule has 1 heterocycles. The van der Waals surface area contributed by atoms with Crippen LogP contribution >= 0.6 is 0 Å². The first kappa shape index (κ1) is 19.7. The second-order valence-electron chi connectivity index (χ2n) is 7.20. The molecule has 0 saturated heterocycles. The van der Waals surface area contributed by atoms with Gasteiger partial charge in [-0.05, 0) is 20.3 Å². The van der Waals surface area contributed by atoms with Crippen molar-refractivity contribution in [2.24, 2.45) is 5.41 Å². The molecule has 1 aromatic rings. The van der Waals surface area contributed by atoms with Crippen molar-refractivity contribution in [2.45, 2.75) is 53.0 Å². The zero-order valence-electron chi connectivity index (χ0n) is 14.8. The van der Waals surface area contributed by atoms with Crippen molar-refractivity contribution < 1.29 is 19.5 Å². The molecule has 8 nitrogen and oxygen atoms in total. The lowest BCUT2D eigenvalue weighted by atomic mass is 9.96. The summed E-state index contributed by atoms with van der Waals surface area (Å²) in [5.41, 5.74) is -1.21. The number of hydrogen-bond acceptors (Lipinski definition) is 4. The van der Waals surface area contributed by atoms with E-state index in [9.17, 15) is 14.4 Å². The number of amides is 2. The van der Waals surface area contributed by atoms with Gasteiger partial charge in [-0.15, -0.1) is 0 Å². The predicted octanol–water partition coefficient (Wildman–Crippen LogP) is 1.58. The highest BCUT2D eigenvalue weighted by Gasteiger charge is 2.30. The number of aliphatic carboxylic acids is 1. The van der Waals surface area contributed by atoms with E-state index in [1.165, 1.54) is 30.9 Å². The van der Waals surface area contributed by atoms with Crippen molar-refractivity contribution in [2.75, 3.05) is 11.9 Å². The molecule has 0 fully saturated rings. The molecule has 24 heavy (non-hydrogen) atoms. The number of nitrogens with one attached hydrogen (secondary N) is 2. The fourth-order valence-corrected chi connectivity index (χ4v) is 1.73. The molecule has 0 aliphatic carbocycles. The van der Waals surface area contributed by atoms with Crippen molar-refractivity contribution >= 4 is 23.5 Å². The van der Waals surface area contributed by atoms with Gasteiger partial charge in [-0.1, -0.05) is 20.8 Å². The first-order valence-electron chi connectivity index (χ1n) is 7.81. The van der Waals surface area contributed by atoms with E-state index in [1.54, 1.807) is 0 Å². The van der Waals surface area contributed by atoms with Crippen LogP contribution in [0.1, 0.15) is 47.5 Å². The largest absolute Gasteiger partial charge is 0.479 e. The molecule has 0 radical (unpaired) electrons. The Balaban J connectivity index is 2.43. The highest BCUT2D eigenvalue weighted by atomic mass is 16.4. The highest BCUT2D eigenvalue weighted by molar-refractivity contribution is 5.90. The average molecular weight is 338 g/mol. The Bertz CT molecular complexity index is 614. The van der Waals surface area contributed by atoms with E-state index in [0.717, 1.165) is 0 Å². The first-order valence-corrected chi connectivity index (χ1v) is 7.81. The summed E-state index contributed by atoms with van der Waals surface area (Å²) in [4.78, 5) is 34.7. The number of hydrogen-bond donors (Lipinski definition) is 3. The zero-order valence-corrected chi connectivity index (χ0v) is 14.8. The molecule has 134 valence electrons. The van der Waals surface area contributed by atoms with Crippen molar-refractivity contribution in [1.82, 2.24) is 15.1 Å². The molecular weight excluding hydrogens is 312 g/mol. The van der Waals surface area contributed by atoms with Gasteiger partial charge >= 0.3 is 5.97 Å². The fraction of sp³-hybridized carbons (Fsp3) is 0.625. The van der Waals surface area contributed by atoms with Crippen LogP contribution in [0.15, 0.2) is 12.4 Å². The van der Waals surface area contributed by atoms with Crippen molar-refractivity contribution in [3.63, 3.8) is 0 Å². The summed E-state index contributed by atoms with van der Waals surface area (Å²) in [5, 5.41) is 18.6. The van der Waals surface area contributed by atoms with Gasteiger partial charge in [0.2, 0.25) is 11.8 Å². The van der Waals surface area contributed by atoms with E-state index in [2.05, 4.69) is 15.7 Å².